The zero-order valence-electron chi connectivity index (χ0n) is 19.6. The van der Waals surface area contributed by atoms with Gasteiger partial charge in [0.1, 0.15) is 5.75 Å². The van der Waals surface area contributed by atoms with Crippen molar-refractivity contribution in [3.05, 3.63) is 107 Å². The van der Waals surface area contributed by atoms with E-state index in [4.69, 9.17) is 14.5 Å². The summed E-state index contributed by atoms with van der Waals surface area (Å²) in [6, 6.07) is 24.6. The van der Waals surface area contributed by atoms with E-state index in [-0.39, 0.29) is 12.4 Å². The molecular formula is C29H26N2O4. The number of hydrogen-bond donors (Lipinski definition) is 0. The van der Waals surface area contributed by atoms with Crippen LogP contribution in [0.4, 0.5) is 0 Å². The number of ketones is 1. The normalized spacial score (nSPS) is 13.3. The highest BCUT2D eigenvalue weighted by molar-refractivity contribution is 6.06. The molecule has 1 aromatic heterocycles. The van der Waals surface area contributed by atoms with E-state index >= 15 is 0 Å². The quantitative estimate of drug-likeness (QED) is 0.287. The molecule has 0 fully saturated rings. The van der Waals surface area contributed by atoms with E-state index in [1.54, 1.807) is 31.4 Å². The molecule has 5 rings (SSSR count). The summed E-state index contributed by atoms with van der Waals surface area (Å²) in [4.78, 5) is 33.2. The number of carbonyl (C=O) groups excluding carboxylic acids is 2. The molecule has 6 nitrogen and oxygen atoms in total. The summed E-state index contributed by atoms with van der Waals surface area (Å²) < 4.78 is 10.7. The van der Waals surface area contributed by atoms with E-state index < -0.39 is 5.97 Å². The second-order valence-corrected chi connectivity index (χ2v) is 8.60. The number of rotatable bonds is 7. The lowest BCUT2D eigenvalue weighted by Crippen LogP contribution is -2.32. The van der Waals surface area contributed by atoms with Crippen molar-refractivity contribution in [1.82, 2.24) is 9.88 Å². The smallest absolute Gasteiger partial charge is 0.339 e. The molecule has 0 spiro atoms. The number of methoxy groups -OCH3 is 1. The largest absolute Gasteiger partial charge is 0.497 e. The maximum Gasteiger partial charge on any atom is 0.339 e. The highest BCUT2D eigenvalue weighted by atomic mass is 16.5. The molecule has 0 atom stereocenters. The lowest BCUT2D eigenvalue weighted by atomic mass is 9.95. The Balaban J connectivity index is 1.40. The van der Waals surface area contributed by atoms with Gasteiger partial charge >= 0.3 is 5.97 Å². The van der Waals surface area contributed by atoms with E-state index in [1.807, 2.05) is 42.5 Å². The van der Waals surface area contributed by atoms with Gasteiger partial charge in [-0.1, -0.05) is 48.5 Å². The van der Waals surface area contributed by atoms with E-state index in [9.17, 15) is 9.59 Å². The van der Waals surface area contributed by atoms with E-state index in [0.717, 1.165) is 41.7 Å². The number of Topliss-reactive ketones (excluding diaryl/α,β-unsaturated/α-hetero) is 1. The number of benzene rings is 3. The molecule has 0 amide bonds. The minimum Gasteiger partial charge on any atom is -0.497 e. The fourth-order valence-corrected chi connectivity index (χ4v) is 4.52. The van der Waals surface area contributed by atoms with Crippen LogP contribution in [-0.4, -0.2) is 41.9 Å². The Labute approximate surface area is 204 Å². The van der Waals surface area contributed by atoms with Crippen LogP contribution in [0.1, 0.15) is 37.5 Å². The van der Waals surface area contributed by atoms with E-state index in [2.05, 4.69) is 17.0 Å². The number of pyridine rings is 1. The molecule has 0 unspecified atom stereocenters. The minimum absolute atomic E-state index is 0.265. The predicted octanol–water partition coefficient (Wildman–Crippen LogP) is 4.84. The summed E-state index contributed by atoms with van der Waals surface area (Å²) in [5.41, 5.74) is 4.75. The predicted molar refractivity (Wildman–Crippen MR) is 134 cm³/mol. The number of aromatic nitrogens is 1. The number of ether oxygens (including phenoxy) is 2. The van der Waals surface area contributed by atoms with Crippen LogP contribution in [0.2, 0.25) is 0 Å². The van der Waals surface area contributed by atoms with Crippen molar-refractivity contribution in [2.75, 3.05) is 20.3 Å². The van der Waals surface area contributed by atoms with Crippen LogP contribution >= 0.6 is 0 Å². The van der Waals surface area contributed by atoms with Gasteiger partial charge in [-0.2, -0.15) is 0 Å². The fourth-order valence-electron chi connectivity index (χ4n) is 4.52. The molecule has 0 saturated heterocycles. The highest BCUT2D eigenvalue weighted by Crippen LogP contribution is 2.29. The molecule has 176 valence electrons. The van der Waals surface area contributed by atoms with Crippen molar-refractivity contribution in [2.45, 2.75) is 19.5 Å². The molecule has 0 saturated carbocycles. The van der Waals surface area contributed by atoms with Gasteiger partial charge in [0.15, 0.2) is 12.4 Å². The van der Waals surface area contributed by atoms with Gasteiger partial charge in [-0.3, -0.25) is 14.7 Å². The van der Waals surface area contributed by atoms with Gasteiger partial charge in [-0.25, -0.2) is 4.79 Å². The fraction of sp³-hybridized carbons (Fsp3) is 0.207. The lowest BCUT2D eigenvalue weighted by molar-refractivity contribution is 0.0473. The Morgan fingerprint density at radius 3 is 2.46 bits per heavy atom. The molecule has 6 heteroatoms. The number of fused-ring (bicyclic) bond motifs is 2. The average Bonchev–Trinajstić information content (AvgIpc) is 2.91. The zero-order valence-corrected chi connectivity index (χ0v) is 19.6. The van der Waals surface area contributed by atoms with E-state index in [0.29, 0.717) is 23.4 Å². The lowest BCUT2D eigenvalue weighted by Gasteiger charge is -2.30. The topological polar surface area (TPSA) is 68.7 Å². The Morgan fingerprint density at radius 2 is 1.69 bits per heavy atom. The first-order valence-corrected chi connectivity index (χ1v) is 11.6. The molecule has 0 N–H and O–H groups in total. The molecule has 1 aliphatic rings. The third kappa shape index (κ3) is 4.93. The summed E-state index contributed by atoms with van der Waals surface area (Å²) in [6.07, 6.45) is 0.748. The SMILES string of the molecule is COc1ccc(C(=O)COC(=O)c2c3c(nc4ccccc24)CCN(Cc2ccccc2)C3)cc1. The van der Waals surface area contributed by atoms with Gasteiger partial charge in [0.2, 0.25) is 0 Å². The number of esters is 1. The van der Waals surface area contributed by atoms with Crippen molar-refractivity contribution in [2.24, 2.45) is 0 Å². The van der Waals surface area contributed by atoms with Crippen LogP contribution in [0.15, 0.2) is 78.9 Å². The Morgan fingerprint density at radius 1 is 0.943 bits per heavy atom. The maximum atomic E-state index is 13.4. The number of hydrogen-bond acceptors (Lipinski definition) is 6. The Bertz CT molecular complexity index is 1370. The molecule has 35 heavy (non-hydrogen) atoms. The van der Waals surface area contributed by atoms with Gasteiger partial charge in [0.05, 0.1) is 18.2 Å². The minimum atomic E-state index is -0.497. The first-order chi connectivity index (χ1) is 17.1. The monoisotopic (exact) mass is 466 g/mol. The molecule has 0 aliphatic carbocycles. The van der Waals surface area contributed by atoms with Gasteiger partial charge in [0.25, 0.3) is 0 Å². The molecule has 0 radical (unpaired) electrons. The number of carbonyl (C=O) groups is 2. The van der Waals surface area contributed by atoms with Crippen molar-refractivity contribution in [1.29, 1.82) is 0 Å². The van der Waals surface area contributed by atoms with Crippen molar-refractivity contribution in [3.63, 3.8) is 0 Å². The number of nitrogens with zero attached hydrogens (tertiary/aromatic N) is 2. The maximum absolute atomic E-state index is 13.4. The van der Waals surface area contributed by atoms with Gasteiger partial charge in [-0.05, 0) is 35.9 Å². The van der Waals surface area contributed by atoms with Crippen LogP contribution in [0, 0.1) is 0 Å². The second-order valence-electron chi connectivity index (χ2n) is 8.60. The first kappa shape index (κ1) is 22.7. The molecule has 4 aromatic rings. The van der Waals surface area contributed by atoms with Gasteiger partial charge in [0, 0.05) is 48.3 Å². The van der Waals surface area contributed by atoms with Crippen molar-refractivity contribution in [3.8, 4) is 5.75 Å². The summed E-state index contributed by atoms with van der Waals surface area (Å²) >= 11 is 0. The Kier molecular flexibility index (Phi) is 6.55. The van der Waals surface area contributed by atoms with E-state index in [1.165, 1.54) is 5.56 Å². The summed E-state index contributed by atoms with van der Waals surface area (Å²) in [5, 5.41) is 0.745. The molecular weight excluding hydrogens is 440 g/mol. The number of para-hydroxylation sites is 1. The van der Waals surface area contributed by atoms with Gasteiger partial charge in [-0.15, -0.1) is 0 Å². The third-order valence-electron chi connectivity index (χ3n) is 6.32. The molecule has 1 aliphatic heterocycles. The summed E-state index contributed by atoms with van der Waals surface area (Å²) in [5.74, 6) is -0.101. The zero-order chi connectivity index (χ0) is 24.2. The first-order valence-electron chi connectivity index (χ1n) is 11.6. The molecule has 2 heterocycles. The van der Waals surface area contributed by atoms with Crippen molar-refractivity contribution < 1.29 is 19.1 Å². The summed E-state index contributed by atoms with van der Waals surface area (Å²) in [6.45, 7) is 1.92. The molecule has 0 bridgehead atoms. The van der Waals surface area contributed by atoms with Crippen LogP contribution in [0.5, 0.6) is 5.75 Å². The van der Waals surface area contributed by atoms with Crippen LogP contribution in [-0.2, 0) is 24.2 Å². The highest BCUT2D eigenvalue weighted by Gasteiger charge is 2.27. The summed E-state index contributed by atoms with van der Waals surface area (Å²) in [7, 11) is 1.57. The second kappa shape index (κ2) is 10.1. The van der Waals surface area contributed by atoms with Gasteiger partial charge < -0.3 is 9.47 Å². The third-order valence-corrected chi connectivity index (χ3v) is 6.32. The Hall–Kier alpha value is -4.03. The van der Waals surface area contributed by atoms with Crippen molar-refractivity contribution >= 4 is 22.7 Å². The standard InChI is InChI=1S/C29H26N2O4/c1-34-22-13-11-21(12-14-22)27(32)19-35-29(33)28-23-9-5-6-10-25(23)30-26-15-16-31(18-24(26)28)17-20-7-3-2-4-8-20/h2-14H,15-19H2,1H3. The van der Waals surface area contributed by atoms with Crippen LogP contribution < -0.4 is 4.74 Å². The van der Waals surface area contributed by atoms with Crippen LogP contribution in [0.3, 0.4) is 0 Å². The molecule has 3 aromatic carbocycles. The average molecular weight is 467 g/mol. The van der Waals surface area contributed by atoms with Crippen LogP contribution in [0.25, 0.3) is 10.9 Å².